The van der Waals surface area contributed by atoms with Crippen molar-refractivity contribution in [3.05, 3.63) is 14.9 Å². The number of hydrogen-bond acceptors (Lipinski definition) is 0. The maximum Gasteiger partial charge on any atom is 2.00 e. The summed E-state index contributed by atoms with van der Waals surface area (Å²) in [6.45, 7) is 0. The van der Waals surface area contributed by atoms with Gasteiger partial charge in [0.1, 0.15) is 0 Å². The smallest absolute Gasteiger partial charge is 0.358 e. The molecule has 0 N–H and O–H groups in total. The minimum atomic E-state index is 0. The quantitative estimate of drug-likeness (QED) is 0.363. The summed E-state index contributed by atoms with van der Waals surface area (Å²) in [6, 6.07) is 0. The molecule has 2 unspecified atom stereocenters. The molecule has 0 heterocycles. The van der Waals surface area contributed by atoms with Gasteiger partial charge >= 0.3 is 16.8 Å². The van der Waals surface area contributed by atoms with Crippen LogP contribution in [-0.2, 0) is 16.8 Å². The Kier molecular flexibility index (Phi) is 1080. The van der Waals surface area contributed by atoms with E-state index in [1.165, 1.54) is 0 Å². The van der Waals surface area contributed by atoms with Crippen LogP contribution >= 0.6 is 19.8 Å². The third kappa shape index (κ3) is 32.6. The molecular formula is C2H12CoP2. The van der Waals surface area contributed by atoms with Crippen molar-refractivity contribution in [2.24, 2.45) is 0 Å². The summed E-state index contributed by atoms with van der Waals surface area (Å²) in [6.07, 6.45) is 0. The molecule has 2 atom stereocenters. The van der Waals surface area contributed by atoms with Crippen LogP contribution in [0.25, 0.3) is 0 Å². The van der Waals surface area contributed by atoms with Crippen LogP contribution in [0, 0.1) is 14.9 Å². The van der Waals surface area contributed by atoms with E-state index in [1.54, 1.807) is 0 Å². The van der Waals surface area contributed by atoms with Crippen LogP contribution in [0.15, 0.2) is 0 Å². The maximum absolute atomic E-state index is 0. The SMILES string of the molecule is P.P.[CH3-].[CH3-].[Co+2]. The molecule has 0 aliphatic carbocycles. The van der Waals surface area contributed by atoms with E-state index in [0.717, 1.165) is 0 Å². The molecule has 0 rings (SSSR count). The molecule has 0 bridgehead atoms. The number of hydrogen-bond donors (Lipinski definition) is 0. The average molecular weight is 157 g/mol. The predicted octanol–water partition coefficient (Wildman–Crippen LogP) is 1.01. The summed E-state index contributed by atoms with van der Waals surface area (Å²) < 4.78 is 0. The standard InChI is InChI=1S/2CH3.Co.2H3P/h2*1H3;;2*1H3/q2*-1;+2;;. The zero-order valence-corrected chi connectivity index (χ0v) is 7.62. The predicted molar refractivity (Wildman–Crippen MR) is 35.0 cm³/mol. The van der Waals surface area contributed by atoms with E-state index in [4.69, 9.17) is 0 Å². The van der Waals surface area contributed by atoms with Gasteiger partial charge in [0.05, 0.1) is 0 Å². The fraction of sp³-hybridized carbons (Fsp3) is 0. The summed E-state index contributed by atoms with van der Waals surface area (Å²) in [7, 11) is 0. The van der Waals surface area contributed by atoms with Gasteiger partial charge in [-0.1, -0.05) is 0 Å². The topological polar surface area (TPSA) is 0 Å². The molecule has 0 aromatic carbocycles. The summed E-state index contributed by atoms with van der Waals surface area (Å²) in [5.41, 5.74) is 0. The van der Waals surface area contributed by atoms with E-state index in [9.17, 15) is 0 Å². The molecule has 0 aromatic rings. The Morgan fingerprint density at radius 2 is 0.600 bits per heavy atom. The Hall–Kier alpha value is 1.37. The third-order valence-electron chi connectivity index (χ3n) is 0. The van der Waals surface area contributed by atoms with Gasteiger partial charge in [-0.15, -0.1) is 0 Å². The molecule has 0 amide bonds. The molecule has 0 fully saturated rings. The van der Waals surface area contributed by atoms with E-state index in [1.807, 2.05) is 0 Å². The van der Waals surface area contributed by atoms with Crippen LogP contribution in [0.3, 0.4) is 0 Å². The van der Waals surface area contributed by atoms with Crippen molar-refractivity contribution in [3.63, 3.8) is 0 Å². The van der Waals surface area contributed by atoms with Gasteiger partial charge in [0.2, 0.25) is 0 Å². The van der Waals surface area contributed by atoms with Crippen molar-refractivity contribution in [3.8, 4) is 0 Å². The van der Waals surface area contributed by atoms with Crippen LogP contribution in [0.5, 0.6) is 0 Å². The van der Waals surface area contributed by atoms with Crippen LogP contribution in [-0.4, -0.2) is 0 Å². The first-order chi connectivity index (χ1) is 0. The van der Waals surface area contributed by atoms with Crippen molar-refractivity contribution >= 4 is 19.8 Å². The zero-order valence-electron chi connectivity index (χ0n) is 3.75. The second-order valence-electron chi connectivity index (χ2n) is 0. The van der Waals surface area contributed by atoms with Crippen molar-refractivity contribution in [2.45, 2.75) is 0 Å². The molecule has 5 heavy (non-hydrogen) atoms. The minimum Gasteiger partial charge on any atom is -0.358 e. The Balaban J connectivity index is 0. The van der Waals surface area contributed by atoms with Crippen molar-refractivity contribution < 1.29 is 16.8 Å². The molecule has 0 aliphatic heterocycles. The maximum atomic E-state index is 0. The van der Waals surface area contributed by atoms with Crippen LogP contribution in [0.1, 0.15) is 0 Å². The Morgan fingerprint density at radius 1 is 0.600 bits per heavy atom. The minimum absolute atomic E-state index is 0. The second kappa shape index (κ2) is 54.8. The first-order valence-corrected chi connectivity index (χ1v) is 0. The van der Waals surface area contributed by atoms with Crippen molar-refractivity contribution in [1.29, 1.82) is 0 Å². The van der Waals surface area contributed by atoms with E-state index < -0.39 is 0 Å². The second-order valence-corrected chi connectivity index (χ2v) is 0. The molecule has 1 radical (unpaired) electrons. The zero-order chi connectivity index (χ0) is 0. The average Bonchev–Trinajstić information content (AvgIpc) is 0. The third-order valence-corrected chi connectivity index (χ3v) is 0. The molecule has 39 valence electrons. The van der Waals surface area contributed by atoms with Crippen LogP contribution in [0.4, 0.5) is 0 Å². The largest absolute Gasteiger partial charge is 2.00 e. The molecule has 0 aliphatic rings. The van der Waals surface area contributed by atoms with Crippen molar-refractivity contribution in [1.82, 2.24) is 0 Å². The molecule has 0 saturated carbocycles. The van der Waals surface area contributed by atoms with Gasteiger partial charge < -0.3 is 14.9 Å². The van der Waals surface area contributed by atoms with Crippen LogP contribution in [0.2, 0.25) is 0 Å². The molecule has 0 aromatic heterocycles. The van der Waals surface area contributed by atoms with Gasteiger partial charge in [0.25, 0.3) is 0 Å². The summed E-state index contributed by atoms with van der Waals surface area (Å²) in [4.78, 5) is 0. The number of rotatable bonds is 0. The van der Waals surface area contributed by atoms with Crippen LogP contribution < -0.4 is 0 Å². The van der Waals surface area contributed by atoms with E-state index in [0.29, 0.717) is 0 Å². The van der Waals surface area contributed by atoms with E-state index in [2.05, 4.69) is 0 Å². The van der Waals surface area contributed by atoms with E-state index >= 15 is 0 Å². The normalized spacial score (nSPS) is 0. The molecule has 0 nitrogen and oxygen atoms in total. The first kappa shape index (κ1) is 98.2. The monoisotopic (exact) mass is 157 g/mol. The first-order valence-electron chi connectivity index (χ1n) is 0. The molecular weight excluding hydrogens is 145 g/mol. The molecule has 0 saturated heterocycles. The van der Waals surface area contributed by atoms with E-state index in [-0.39, 0.29) is 51.4 Å². The van der Waals surface area contributed by atoms with Gasteiger partial charge in [-0.25, -0.2) is 0 Å². The van der Waals surface area contributed by atoms with Gasteiger partial charge in [0.15, 0.2) is 0 Å². The summed E-state index contributed by atoms with van der Waals surface area (Å²) in [5, 5.41) is 0. The summed E-state index contributed by atoms with van der Waals surface area (Å²) >= 11 is 0. The van der Waals surface area contributed by atoms with Crippen molar-refractivity contribution in [2.75, 3.05) is 0 Å². The summed E-state index contributed by atoms with van der Waals surface area (Å²) in [5.74, 6) is 0. The van der Waals surface area contributed by atoms with Gasteiger partial charge in [-0.3, -0.25) is 0 Å². The molecule has 3 heteroatoms. The fourth-order valence-electron chi connectivity index (χ4n) is 0. The Bertz CT molecular complexity index is 7.61. The fourth-order valence-corrected chi connectivity index (χ4v) is 0. The molecule has 0 spiro atoms. The Labute approximate surface area is 51.9 Å². The van der Waals surface area contributed by atoms with Gasteiger partial charge in [-0.2, -0.15) is 19.8 Å². The van der Waals surface area contributed by atoms with Gasteiger partial charge in [0, 0.05) is 0 Å². The Morgan fingerprint density at radius 3 is 0.600 bits per heavy atom. The van der Waals surface area contributed by atoms with Gasteiger partial charge in [-0.05, 0) is 0 Å².